The molecule has 1 aromatic rings. The molecule has 1 aliphatic carbocycles. The van der Waals surface area contributed by atoms with Crippen LogP contribution < -0.4 is 10.6 Å². The average Bonchev–Trinajstić information content (AvgIpc) is 3.31. The summed E-state index contributed by atoms with van der Waals surface area (Å²) in [5.74, 6) is -1.01. The number of imide groups is 1. The monoisotopic (exact) mass is 403 g/mol. The fraction of sp³-hybridized carbons (Fsp3) is 0.474. The molecule has 3 aliphatic rings. The van der Waals surface area contributed by atoms with Gasteiger partial charge in [0, 0.05) is 18.2 Å². The van der Waals surface area contributed by atoms with E-state index < -0.39 is 35.4 Å². The van der Waals surface area contributed by atoms with Crippen molar-refractivity contribution in [2.75, 3.05) is 12.4 Å². The Morgan fingerprint density at radius 2 is 1.96 bits per heavy atom. The first kappa shape index (κ1) is 18.8. The highest BCUT2D eigenvalue weighted by Gasteiger charge is 2.57. The summed E-state index contributed by atoms with van der Waals surface area (Å²) in [6.45, 7) is -0.557. The van der Waals surface area contributed by atoms with Crippen LogP contribution in [-0.2, 0) is 24.0 Å². The Kier molecular flexibility index (Phi) is 5.01. The van der Waals surface area contributed by atoms with Crippen molar-refractivity contribution < 1.29 is 23.9 Å². The van der Waals surface area contributed by atoms with Crippen LogP contribution in [0.5, 0.6) is 0 Å². The summed E-state index contributed by atoms with van der Waals surface area (Å²) in [5.41, 5.74) is 0.982. The van der Waals surface area contributed by atoms with Crippen molar-refractivity contribution in [1.82, 2.24) is 15.5 Å². The van der Waals surface area contributed by atoms with E-state index in [9.17, 15) is 19.2 Å². The Hall–Kier alpha value is -2.55. The molecule has 9 heteroatoms. The quantitative estimate of drug-likeness (QED) is 0.714. The number of ether oxygens (including phenoxy) is 1. The first-order valence-corrected chi connectivity index (χ1v) is 10.3. The number of nitrogens with one attached hydrogen (secondary N) is 2. The highest BCUT2D eigenvalue weighted by Crippen LogP contribution is 2.54. The van der Waals surface area contributed by atoms with E-state index in [4.69, 9.17) is 4.74 Å². The molecule has 4 rings (SSSR count). The zero-order chi connectivity index (χ0) is 19.7. The van der Waals surface area contributed by atoms with Crippen LogP contribution in [0.4, 0.5) is 4.79 Å². The van der Waals surface area contributed by atoms with Gasteiger partial charge in [0.2, 0.25) is 5.91 Å². The lowest BCUT2D eigenvalue weighted by atomic mass is 10.0. The van der Waals surface area contributed by atoms with E-state index in [-0.39, 0.29) is 11.9 Å². The lowest BCUT2D eigenvalue weighted by Gasteiger charge is -2.33. The molecule has 0 unspecified atom stereocenters. The Balaban J connectivity index is 1.37. The van der Waals surface area contributed by atoms with Crippen LogP contribution >= 0.6 is 11.8 Å². The van der Waals surface area contributed by atoms with Gasteiger partial charge in [0.25, 0.3) is 5.91 Å². The molecule has 0 radical (unpaired) electrons. The Morgan fingerprint density at radius 1 is 1.21 bits per heavy atom. The minimum Gasteiger partial charge on any atom is -0.454 e. The Morgan fingerprint density at radius 3 is 2.68 bits per heavy atom. The van der Waals surface area contributed by atoms with E-state index in [1.807, 2.05) is 30.3 Å². The van der Waals surface area contributed by atoms with Gasteiger partial charge in [0.05, 0.1) is 0 Å². The molecule has 1 saturated carbocycles. The Bertz CT molecular complexity index is 813. The number of nitrogens with zero attached hydrogens (tertiary/aromatic N) is 1. The molecule has 2 saturated heterocycles. The van der Waals surface area contributed by atoms with Gasteiger partial charge in [-0.1, -0.05) is 30.3 Å². The second-order valence-electron chi connectivity index (χ2n) is 7.14. The fourth-order valence-electron chi connectivity index (χ4n) is 3.66. The largest absolute Gasteiger partial charge is 0.454 e. The number of urea groups is 1. The van der Waals surface area contributed by atoms with E-state index in [2.05, 4.69) is 10.6 Å². The predicted octanol–water partition coefficient (Wildman–Crippen LogP) is 1.11. The second-order valence-corrected chi connectivity index (χ2v) is 8.44. The number of amides is 4. The highest BCUT2D eigenvalue weighted by atomic mass is 32.2. The first-order chi connectivity index (χ1) is 13.5. The lowest BCUT2D eigenvalue weighted by Crippen LogP contribution is -2.47. The maximum absolute atomic E-state index is 12.6. The van der Waals surface area contributed by atoms with Crippen LogP contribution in [0.1, 0.15) is 31.2 Å². The number of rotatable bonds is 5. The van der Waals surface area contributed by atoms with Crippen LogP contribution in [0.25, 0.3) is 0 Å². The molecule has 8 nitrogen and oxygen atoms in total. The molecule has 28 heavy (non-hydrogen) atoms. The lowest BCUT2D eigenvalue weighted by molar-refractivity contribution is -0.156. The molecule has 3 fully saturated rings. The minimum absolute atomic E-state index is 0.0935. The van der Waals surface area contributed by atoms with E-state index >= 15 is 0 Å². The Labute approximate surface area is 166 Å². The van der Waals surface area contributed by atoms with Crippen molar-refractivity contribution in [1.29, 1.82) is 0 Å². The third-order valence-electron chi connectivity index (χ3n) is 5.14. The molecule has 2 N–H and O–H groups in total. The number of hydrogen-bond donors (Lipinski definition) is 2. The van der Waals surface area contributed by atoms with Crippen LogP contribution in [-0.4, -0.2) is 53.2 Å². The summed E-state index contributed by atoms with van der Waals surface area (Å²) in [6, 6.07) is 8.44. The van der Waals surface area contributed by atoms with Crippen molar-refractivity contribution in [3.8, 4) is 0 Å². The summed E-state index contributed by atoms with van der Waals surface area (Å²) < 4.78 is 5.11. The van der Waals surface area contributed by atoms with Gasteiger partial charge < -0.3 is 15.0 Å². The van der Waals surface area contributed by atoms with Gasteiger partial charge in [-0.15, -0.1) is 11.8 Å². The third-order valence-corrected chi connectivity index (χ3v) is 6.73. The van der Waals surface area contributed by atoms with Crippen molar-refractivity contribution in [3.63, 3.8) is 0 Å². The number of hydrogen-bond acceptors (Lipinski definition) is 6. The van der Waals surface area contributed by atoms with Gasteiger partial charge in [-0.2, -0.15) is 0 Å². The van der Waals surface area contributed by atoms with Crippen LogP contribution in [0.15, 0.2) is 30.3 Å². The number of carbonyl (C=O) groups is 4. The normalized spacial score (nSPS) is 25.9. The number of benzene rings is 1. The topological polar surface area (TPSA) is 105 Å². The third kappa shape index (κ3) is 3.58. The van der Waals surface area contributed by atoms with Crippen molar-refractivity contribution in [3.05, 3.63) is 35.9 Å². The van der Waals surface area contributed by atoms with E-state index in [0.29, 0.717) is 18.6 Å². The maximum atomic E-state index is 12.6. The molecule has 4 amide bonds. The zero-order valence-corrected chi connectivity index (χ0v) is 16.0. The highest BCUT2D eigenvalue weighted by molar-refractivity contribution is 8.00. The summed E-state index contributed by atoms with van der Waals surface area (Å²) in [6.07, 6.45) is 2.81. The molecule has 0 aromatic heterocycles. The summed E-state index contributed by atoms with van der Waals surface area (Å²) in [7, 11) is 0. The van der Waals surface area contributed by atoms with Gasteiger partial charge in [0.1, 0.15) is 10.9 Å². The van der Waals surface area contributed by atoms with Gasteiger partial charge in [0.15, 0.2) is 6.61 Å². The minimum atomic E-state index is -0.742. The number of esters is 1. The summed E-state index contributed by atoms with van der Waals surface area (Å²) in [5, 5.41) is 4.75. The molecule has 2 heterocycles. The first-order valence-electron chi connectivity index (χ1n) is 9.28. The second kappa shape index (κ2) is 7.46. The molecular formula is C19H21N3O5S. The van der Waals surface area contributed by atoms with Crippen molar-refractivity contribution >= 4 is 35.6 Å². The smallest absolute Gasteiger partial charge is 0.330 e. The average molecular weight is 403 g/mol. The summed E-state index contributed by atoms with van der Waals surface area (Å²) >= 11 is 1.55. The van der Waals surface area contributed by atoms with Gasteiger partial charge >= 0.3 is 12.0 Å². The molecule has 148 valence electrons. The molecular weight excluding hydrogens is 382 g/mol. The number of thioether (sulfide) groups is 1. The van der Waals surface area contributed by atoms with Gasteiger partial charge in [-0.05, 0) is 24.8 Å². The zero-order valence-electron chi connectivity index (χ0n) is 15.2. The molecule has 0 spiro atoms. The van der Waals surface area contributed by atoms with E-state index in [0.717, 1.165) is 18.4 Å². The molecule has 1 aromatic carbocycles. The standard InChI is InChI=1S/C19H21N3O5S/c23-15(21-18(26)20-13-6-7-13)10-27-17(25)14-11-28-19(9-8-16(24)22(14)19)12-4-2-1-3-5-12/h1-5,13-14H,6-11H2,(H2,20,21,23,26)/t14-,19+/m1/s1. The van der Waals surface area contributed by atoms with Crippen molar-refractivity contribution in [2.24, 2.45) is 0 Å². The maximum Gasteiger partial charge on any atom is 0.330 e. The molecule has 2 aliphatic heterocycles. The van der Waals surface area contributed by atoms with Crippen LogP contribution in [0, 0.1) is 0 Å². The van der Waals surface area contributed by atoms with Crippen molar-refractivity contribution in [2.45, 2.75) is 42.6 Å². The number of fused-ring (bicyclic) bond motifs is 1. The van der Waals surface area contributed by atoms with Gasteiger partial charge in [-0.3, -0.25) is 14.9 Å². The van der Waals surface area contributed by atoms with Gasteiger partial charge in [-0.25, -0.2) is 9.59 Å². The van der Waals surface area contributed by atoms with Crippen LogP contribution in [0.2, 0.25) is 0 Å². The fourth-order valence-corrected chi connectivity index (χ4v) is 5.30. The van der Waals surface area contributed by atoms with E-state index in [1.165, 1.54) is 0 Å². The molecule has 0 bridgehead atoms. The molecule has 2 atom stereocenters. The summed E-state index contributed by atoms with van der Waals surface area (Å²) in [4.78, 5) is 49.5. The van der Waals surface area contributed by atoms with E-state index in [1.54, 1.807) is 16.7 Å². The number of carbonyl (C=O) groups excluding carboxylic acids is 4. The SMILES string of the molecule is O=C(COC(=O)[C@H]1CS[C@]2(c3ccccc3)CCC(=O)N12)NC(=O)NC1CC1. The predicted molar refractivity (Wildman–Crippen MR) is 101 cm³/mol. The van der Waals surface area contributed by atoms with Crippen LogP contribution in [0.3, 0.4) is 0 Å².